The minimum absolute atomic E-state index is 0.260. The monoisotopic (exact) mass is 313 g/mol. The van der Waals surface area contributed by atoms with Gasteiger partial charge in [0, 0.05) is 23.2 Å². The van der Waals surface area contributed by atoms with Crippen molar-refractivity contribution in [1.29, 1.82) is 0 Å². The lowest BCUT2D eigenvalue weighted by Gasteiger charge is -2.17. The Hall–Kier alpha value is -0.580. The summed E-state index contributed by atoms with van der Waals surface area (Å²) in [4.78, 5) is 0. The lowest BCUT2D eigenvalue weighted by molar-refractivity contribution is 0.0673. The highest BCUT2D eigenvalue weighted by Crippen LogP contribution is 2.28. The Kier molecular flexibility index (Phi) is 5.03. The summed E-state index contributed by atoms with van der Waals surface area (Å²) in [7, 11) is 1.94. The maximum Gasteiger partial charge on any atom is 0.126 e. The molecule has 100 valence electrons. The molecule has 0 aromatic heterocycles. The van der Waals surface area contributed by atoms with Gasteiger partial charge >= 0.3 is 0 Å². The molecule has 1 aromatic rings. The Morgan fingerprint density at radius 2 is 2.33 bits per heavy atom. The third kappa shape index (κ3) is 3.46. The van der Waals surface area contributed by atoms with Crippen LogP contribution < -0.4 is 10.1 Å². The van der Waals surface area contributed by atoms with Crippen LogP contribution in [-0.4, -0.2) is 26.4 Å². The van der Waals surface area contributed by atoms with E-state index in [4.69, 9.17) is 9.47 Å². The van der Waals surface area contributed by atoms with Crippen LogP contribution >= 0.6 is 15.9 Å². The van der Waals surface area contributed by atoms with Crippen molar-refractivity contribution in [1.82, 2.24) is 5.32 Å². The highest BCUT2D eigenvalue weighted by molar-refractivity contribution is 9.10. The van der Waals surface area contributed by atoms with Crippen molar-refractivity contribution in [3.63, 3.8) is 0 Å². The van der Waals surface area contributed by atoms with E-state index in [9.17, 15) is 0 Å². The predicted molar refractivity (Wildman–Crippen MR) is 76.1 cm³/mol. The summed E-state index contributed by atoms with van der Waals surface area (Å²) in [6, 6.07) is 4.19. The van der Waals surface area contributed by atoms with Crippen molar-refractivity contribution in [2.75, 3.05) is 20.3 Å². The first-order chi connectivity index (χ1) is 8.70. The van der Waals surface area contributed by atoms with E-state index in [-0.39, 0.29) is 6.10 Å². The molecule has 0 amide bonds. The van der Waals surface area contributed by atoms with Gasteiger partial charge in [0.1, 0.15) is 12.4 Å². The number of nitrogens with one attached hydrogen (secondary N) is 1. The Labute approximate surface area is 117 Å². The standard InChI is InChI=1S/C14H20BrNO2/c1-10-6-12(15)7-11(8-16-2)14(10)18-9-13-4-3-5-17-13/h6-7,13,16H,3-5,8-9H2,1-2H3. The molecule has 2 rings (SSSR count). The SMILES string of the molecule is CNCc1cc(Br)cc(C)c1OCC1CCCO1. The topological polar surface area (TPSA) is 30.5 Å². The molecule has 0 spiro atoms. The molecule has 0 saturated carbocycles. The third-order valence-corrected chi connectivity index (χ3v) is 3.58. The second-order valence-electron chi connectivity index (χ2n) is 4.69. The van der Waals surface area contributed by atoms with Crippen LogP contribution in [-0.2, 0) is 11.3 Å². The minimum Gasteiger partial charge on any atom is -0.490 e. The normalized spacial score (nSPS) is 19.2. The van der Waals surface area contributed by atoms with Gasteiger partial charge in [0.15, 0.2) is 0 Å². The molecular formula is C14H20BrNO2. The Morgan fingerprint density at radius 1 is 1.50 bits per heavy atom. The van der Waals surface area contributed by atoms with Gasteiger partial charge in [-0.1, -0.05) is 15.9 Å². The number of rotatable bonds is 5. The first kappa shape index (κ1) is 13.8. The average molecular weight is 314 g/mol. The zero-order valence-electron chi connectivity index (χ0n) is 11.0. The second-order valence-corrected chi connectivity index (χ2v) is 5.60. The summed E-state index contributed by atoms with van der Waals surface area (Å²) >= 11 is 3.53. The molecule has 18 heavy (non-hydrogen) atoms. The summed E-state index contributed by atoms with van der Waals surface area (Å²) in [6.07, 6.45) is 2.52. The molecule has 1 aromatic carbocycles. The number of hydrogen-bond acceptors (Lipinski definition) is 3. The van der Waals surface area contributed by atoms with E-state index in [1.165, 1.54) is 5.56 Å². The van der Waals surface area contributed by atoms with E-state index in [1.807, 2.05) is 7.05 Å². The van der Waals surface area contributed by atoms with Gasteiger partial charge in [-0.15, -0.1) is 0 Å². The van der Waals surface area contributed by atoms with Gasteiger partial charge < -0.3 is 14.8 Å². The molecule has 1 heterocycles. The zero-order chi connectivity index (χ0) is 13.0. The Bertz CT molecular complexity index is 403. The number of aryl methyl sites for hydroxylation is 1. The number of ether oxygens (including phenoxy) is 2. The Balaban J connectivity index is 2.09. The second kappa shape index (κ2) is 6.55. The van der Waals surface area contributed by atoms with Crippen molar-refractivity contribution in [2.45, 2.75) is 32.4 Å². The van der Waals surface area contributed by atoms with Gasteiger partial charge in [0.25, 0.3) is 0 Å². The maximum absolute atomic E-state index is 5.97. The van der Waals surface area contributed by atoms with E-state index < -0.39 is 0 Å². The fourth-order valence-electron chi connectivity index (χ4n) is 2.28. The molecule has 1 fully saturated rings. The highest BCUT2D eigenvalue weighted by atomic mass is 79.9. The van der Waals surface area contributed by atoms with Gasteiger partial charge in [-0.2, -0.15) is 0 Å². The van der Waals surface area contributed by atoms with Crippen LogP contribution in [0.3, 0.4) is 0 Å². The summed E-state index contributed by atoms with van der Waals surface area (Å²) in [5.74, 6) is 0.989. The van der Waals surface area contributed by atoms with Crippen LogP contribution in [0.5, 0.6) is 5.75 Å². The van der Waals surface area contributed by atoms with Crippen LogP contribution in [0.2, 0.25) is 0 Å². The molecular weight excluding hydrogens is 294 g/mol. The molecule has 3 nitrogen and oxygen atoms in total. The molecule has 1 atom stereocenters. The molecule has 0 bridgehead atoms. The van der Waals surface area contributed by atoms with E-state index in [1.54, 1.807) is 0 Å². The van der Waals surface area contributed by atoms with E-state index in [0.29, 0.717) is 6.61 Å². The van der Waals surface area contributed by atoms with Crippen molar-refractivity contribution in [2.24, 2.45) is 0 Å². The number of halogens is 1. The van der Waals surface area contributed by atoms with Crippen LogP contribution in [0.1, 0.15) is 24.0 Å². The lowest BCUT2D eigenvalue weighted by Crippen LogP contribution is -2.18. The maximum atomic E-state index is 5.97. The molecule has 0 radical (unpaired) electrons. The largest absolute Gasteiger partial charge is 0.490 e. The van der Waals surface area contributed by atoms with Crippen LogP contribution in [0.4, 0.5) is 0 Å². The molecule has 1 aliphatic rings. The van der Waals surface area contributed by atoms with Crippen molar-refractivity contribution in [3.8, 4) is 5.75 Å². The first-order valence-electron chi connectivity index (χ1n) is 6.38. The van der Waals surface area contributed by atoms with E-state index in [0.717, 1.165) is 41.8 Å². The smallest absolute Gasteiger partial charge is 0.126 e. The van der Waals surface area contributed by atoms with Crippen molar-refractivity contribution < 1.29 is 9.47 Å². The van der Waals surface area contributed by atoms with Gasteiger partial charge in [-0.05, 0) is 44.5 Å². The average Bonchev–Trinajstić information content (AvgIpc) is 2.81. The van der Waals surface area contributed by atoms with Gasteiger partial charge in [0.05, 0.1) is 6.10 Å². The summed E-state index contributed by atoms with van der Waals surface area (Å²) in [5, 5.41) is 3.17. The number of hydrogen-bond donors (Lipinski definition) is 1. The molecule has 0 aliphatic carbocycles. The zero-order valence-corrected chi connectivity index (χ0v) is 12.5. The summed E-state index contributed by atoms with van der Waals surface area (Å²) in [5.41, 5.74) is 2.34. The predicted octanol–water partition coefficient (Wildman–Crippen LogP) is 3.03. The number of benzene rings is 1. The molecule has 4 heteroatoms. The Morgan fingerprint density at radius 3 is 3.00 bits per heavy atom. The van der Waals surface area contributed by atoms with E-state index in [2.05, 4.69) is 40.3 Å². The van der Waals surface area contributed by atoms with Gasteiger partial charge in [0.2, 0.25) is 0 Å². The van der Waals surface area contributed by atoms with Gasteiger partial charge in [-0.25, -0.2) is 0 Å². The molecule has 1 N–H and O–H groups in total. The third-order valence-electron chi connectivity index (χ3n) is 3.12. The molecule has 1 aliphatic heterocycles. The fourth-order valence-corrected chi connectivity index (χ4v) is 2.90. The van der Waals surface area contributed by atoms with Crippen LogP contribution in [0.25, 0.3) is 0 Å². The molecule has 1 saturated heterocycles. The van der Waals surface area contributed by atoms with Crippen molar-refractivity contribution >= 4 is 15.9 Å². The first-order valence-corrected chi connectivity index (χ1v) is 7.18. The summed E-state index contributed by atoms with van der Waals surface area (Å²) < 4.78 is 12.7. The van der Waals surface area contributed by atoms with Crippen LogP contribution in [0.15, 0.2) is 16.6 Å². The van der Waals surface area contributed by atoms with E-state index >= 15 is 0 Å². The van der Waals surface area contributed by atoms with Crippen LogP contribution in [0, 0.1) is 6.92 Å². The van der Waals surface area contributed by atoms with Crippen molar-refractivity contribution in [3.05, 3.63) is 27.7 Å². The minimum atomic E-state index is 0.260. The molecule has 1 unspecified atom stereocenters. The summed E-state index contributed by atoms with van der Waals surface area (Å²) in [6.45, 7) is 4.41. The van der Waals surface area contributed by atoms with Gasteiger partial charge in [-0.3, -0.25) is 0 Å². The lowest BCUT2D eigenvalue weighted by atomic mass is 10.1. The quantitative estimate of drug-likeness (QED) is 0.906. The highest BCUT2D eigenvalue weighted by Gasteiger charge is 2.17. The fraction of sp³-hybridized carbons (Fsp3) is 0.571.